The van der Waals surface area contributed by atoms with Crippen molar-refractivity contribution in [2.75, 3.05) is 26.0 Å². The molecule has 0 spiro atoms. The van der Waals surface area contributed by atoms with E-state index in [0.29, 0.717) is 10.8 Å². The molecule has 6 nitrogen and oxygen atoms in total. The van der Waals surface area contributed by atoms with Gasteiger partial charge in [-0.2, -0.15) is 0 Å². The molecule has 0 atom stereocenters. The second-order valence-electron chi connectivity index (χ2n) is 4.08. The molecular formula is C12H16ClNO5S. The van der Waals surface area contributed by atoms with Gasteiger partial charge < -0.3 is 9.84 Å². The molecule has 1 rings (SSSR count). The predicted octanol–water partition coefficient (Wildman–Crippen LogP) is 1.46. The molecule has 0 saturated carbocycles. The van der Waals surface area contributed by atoms with Crippen molar-refractivity contribution >= 4 is 27.6 Å². The molecule has 0 unspecified atom stereocenters. The number of aliphatic carboxylic acids is 1. The van der Waals surface area contributed by atoms with Crippen LogP contribution in [0.5, 0.6) is 5.75 Å². The predicted molar refractivity (Wildman–Crippen MR) is 75.6 cm³/mol. The molecule has 0 radical (unpaired) electrons. The number of halogens is 1. The van der Waals surface area contributed by atoms with E-state index in [0.717, 1.165) is 4.31 Å². The number of carboxylic acids is 1. The molecule has 0 heterocycles. The summed E-state index contributed by atoms with van der Waals surface area (Å²) in [5.74, 6) is -0.968. The first-order valence-electron chi connectivity index (χ1n) is 5.85. The van der Waals surface area contributed by atoms with Gasteiger partial charge in [0.15, 0.2) is 0 Å². The van der Waals surface area contributed by atoms with Gasteiger partial charge in [-0.15, -0.1) is 0 Å². The van der Waals surface area contributed by atoms with Crippen molar-refractivity contribution in [2.45, 2.75) is 6.42 Å². The van der Waals surface area contributed by atoms with Gasteiger partial charge in [0.2, 0.25) is 10.0 Å². The molecule has 1 aromatic rings. The second-order valence-corrected chi connectivity index (χ2v) is 6.72. The van der Waals surface area contributed by atoms with Crippen molar-refractivity contribution in [1.82, 2.24) is 4.31 Å². The van der Waals surface area contributed by atoms with Crippen molar-refractivity contribution in [3.05, 3.63) is 29.3 Å². The average Bonchev–Trinajstić information content (AvgIpc) is 2.38. The van der Waals surface area contributed by atoms with E-state index >= 15 is 0 Å². The summed E-state index contributed by atoms with van der Waals surface area (Å²) in [7, 11) is -2.17. The van der Waals surface area contributed by atoms with Crippen molar-refractivity contribution in [3.63, 3.8) is 0 Å². The summed E-state index contributed by atoms with van der Waals surface area (Å²) in [6.07, 6.45) is -0.412. The van der Waals surface area contributed by atoms with E-state index < -0.39 is 28.2 Å². The molecule has 1 aromatic carbocycles. The number of nitrogens with zero attached hydrogens (tertiary/aromatic N) is 1. The maximum Gasteiger partial charge on any atom is 0.304 e. The standard InChI is InChI=1S/C12H16ClNO5S/c1-14(20(17,18)9-6-12(15)16)7-8-19-11-4-2-10(13)3-5-11/h2-5H,6-9H2,1H3,(H,15,16). The SMILES string of the molecule is CN(CCOc1ccc(Cl)cc1)S(=O)(=O)CCC(=O)O. The van der Waals surface area contributed by atoms with Gasteiger partial charge in [0, 0.05) is 18.6 Å². The summed E-state index contributed by atoms with van der Waals surface area (Å²) in [6.45, 7) is 0.314. The van der Waals surface area contributed by atoms with Crippen LogP contribution >= 0.6 is 11.6 Å². The van der Waals surface area contributed by atoms with E-state index in [9.17, 15) is 13.2 Å². The van der Waals surface area contributed by atoms with Crippen LogP contribution in [-0.2, 0) is 14.8 Å². The zero-order chi connectivity index (χ0) is 15.2. The number of ether oxygens (including phenoxy) is 1. The molecule has 8 heteroatoms. The number of benzene rings is 1. The van der Waals surface area contributed by atoms with Crippen LogP contribution in [0.25, 0.3) is 0 Å². The number of likely N-dealkylation sites (N-methyl/N-ethyl adjacent to an activating group) is 1. The Kier molecular flexibility index (Phi) is 6.25. The molecule has 0 aliphatic carbocycles. The minimum atomic E-state index is -3.57. The minimum absolute atomic E-state index is 0.143. The van der Waals surface area contributed by atoms with Gasteiger partial charge in [0.25, 0.3) is 0 Å². The zero-order valence-corrected chi connectivity index (χ0v) is 12.5. The van der Waals surface area contributed by atoms with Gasteiger partial charge in [-0.05, 0) is 24.3 Å². The highest BCUT2D eigenvalue weighted by molar-refractivity contribution is 7.89. The van der Waals surface area contributed by atoms with Crippen LogP contribution in [0.2, 0.25) is 5.02 Å². The fourth-order valence-electron chi connectivity index (χ4n) is 1.33. The molecule has 20 heavy (non-hydrogen) atoms. The Bertz CT molecular complexity index is 543. The van der Waals surface area contributed by atoms with Crippen molar-refractivity contribution < 1.29 is 23.1 Å². The topological polar surface area (TPSA) is 83.9 Å². The molecule has 0 aromatic heterocycles. The normalized spacial score (nSPS) is 11.6. The monoisotopic (exact) mass is 321 g/mol. The van der Waals surface area contributed by atoms with Gasteiger partial charge in [0.05, 0.1) is 12.2 Å². The Balaban J connectivity index is 2.40. The van der Waals surface area contributed by atoms with E-state index in [1.54, 1.807) is 24.3 Å². The number of hydrogen-bond donors (Lipinski definition) is 1. The number of hydrogen-bond acceptors (Lipinski definition) is 4. The lowest BCUT2D eigenvalue weighted by Gasteiger charge is -2.16. The highest BCUT2D eigenvalue weighted by Crippen LogP contribution is 2.15. The maximum absolute atomic E-state index is 11.7. The number of carbonyl (C=O) groups is 1. The van der Waals surface area contributed by atoms with E-state index in [1.165, 1.54) is 7.05 Å². The van der Waals surface area contributed by atoms with E-state index in [-0.39, 0.29) is 13.2 Å². The van der Waals surface area contributed by atoms with Crippen molar-refractivity contribution in [2.24, 2.45) is 0 Å². The summed E-state index contributed by atoms with van der Waals surface area (Å²) in [5, 5.41) is 9.08. The zero-order valence-electron chi connectivity index (χ0n) is 11.0. The lowest BCUT2D eigenvalue weighted by atomic mass is 10.3. The summed E-state index contributed by atoms with van der Waals surface area (Å²) < 4.78 is 29.9. The Morgan fingerprint density at radius 1 is 1.35 bits per heavy atom. The molecule has 0 bridgehead atoms. The average molecular weight is 322 g/mol. The number of rotatable bonds is 8. The Morgan fingerprint density at radius 3 is 2.50 bits per heavy atom. The minimum Gasteiger partial charge on any atom is -0.492 e. The van der Waals surface area contributed by atoms with E-state index in [2.05, 4.69) is 0 Å². The van der Waals surface area contributed by atoms with E-state index in [4.69, 9.17) is 21.4 Å². The molecular weight excluding hydrogens is 306 g/mol. The van der Waals surface area contributed by atoms with Crippen LogP contribution in [0.15, 0.2) is 24.3 Å². The van der Waals surface area contributed by atoms with Gasteiger partial charge in [-0.3, -0.25) is 4.79 Å². The highest BCUT2D eigenvalue weighted by atomic mass is 35.5. The third kappa shape index (κ3) is 5.77. The van der Waals surface area contributed by atoms with Gasteiger partial charge >= 0.3 is 5.97 Å². The quantitative estimate of drug-likeness (QED) is 0.783. The molecule has 0 aliphatic heterocycles. The van der Waals surface area contributed by atoms with E-state index in [1.807, 2.05) is 0 Å². The number of sulfonamides is 1. The van der Waals surface area contributed by atoms with Gasteiger partial charge in [0.1, 0.15) is 12.4 Å². The Labute approximate surface area is 123 Å². The molecule has 0 saturated heterocycles. The van der Waals surface area contributed by atoms with Crippen molar-refractivity contribution in [3.8, 4) is 5.75 Å². The van der Waals surface area contributed by atoms with Crippen LogP contribution < -0.4 is 4.74 Å². The molecule has 0 fully saturated rings. The van der Waals surface area contributed by atoms with Gasteiger partial charge in [-0.25, -0.2) is 12.7 Å². The van der Waals surface area contributed by atoms with Crippen LogP contribution in [0, 0.1) is 0 Å². The first-order chi connectivity index (χ1) is 9.31. The third-order valence-electron chi connectivity index (χ3n) is 2.54. The first-order valence-corrected chi connectivity index (χ1v) is 7.84. The summed E-state index contributed by atoms with van der Waals surface area (Å²) in [6, 6.07) is 6.71. The maximum atomic E-state index is 11.7. The lowest BCUT2D eigenvalue weighted by Crippen LogP contribution is -2.33. The Morgan fingerprint density at radius 2 is 1.95 bits per heavy atom. The fourth-order valence-corrected chi connectivity index (χ4v) is 2.56. The van der Waals surface area contributed by atoms with Crippen LogP contribution in [0.1, 0.15) is 6.42 Å². The van der Waals surface area contributed by atoms with Crippen LogP contribution in [0.3, 0.4) is 0 Å². The van der Waals surface area contributed by atoms with Crippen LogP contribution in [0.4, 0.5) is 0 Å². The molecule has 112 valence electrons. The number of carboxylic acid groups (broad SMARTS) is 1. The first kappa shape index (κ1) is 16.7. The molecule has 0 aliphatic rings. The molecule has 0 amide bonds. The summed E-state index contributed by atoms with van der Waals surface area (Å²) in [5.41, 5.74) is 0. The lowest BCUT2D eigenvalue weighted by molar-refractivity contribution is -0.136. The summed E-state index contributed by atoms with van der Waals surface area (Å²) in [4.78, 5) is 10.4. The van der Waals surface area contributed by atoms with Gasteiger partial charge in [-0.1, -0.05) is 11.6 Å². The Hall–Kier alpha value is -1.31. The largest absolute Gasteiger partial charge is 0.492 e. The fraction of sp³-hybridized carbons (Fsp3) is 0.417. The third-order valence-corrected chi connectivity index (χ3v) is 4.64. The second kappa shape index (κ2) is 7.47. The molecule has 1 N–H and O–H groups in total. The summed E-state index contributed by atoms with van der Waals surface area (Å²) >= 11 is 5.73. The smallest absolute Gasteiger partial charge is 0.304 e. The highest BCUT2D eigenvalue weighted by Gasteiger charge is 2.18. The van der Waals surface area contributed by atoms with Crippen LogP contribution in [-0.4, -0.2) is 49.8 Å². The van der Waals surface area contributed by atoms with Crippen molar-refractivity contribution in [1.29, 1.82) is 0 Å².